The predicted molar refractivity (Wildman–Crippen MR) is 159 cm³/mol. The summed E-state index contributed by atoms with van der Waals surface area (Å²) >= 11 is 2.00. The van der Waals surface area contributed by atoms with Gasteiger partial charge in [-0.3, -0.25) is 14.6 Å². The highest BCUT2D eigenvalue weighted by Crippen LogP contribution is 2.28. The zero-order valence-corrected chi connectivity index (χ0v) is 24.0. The number of pyridine rings is 1. The molecule has 0 unspecified atom stereocenters. The lowest BCUT2D eigenvalue weighted by Crippen LogP contribution is -2.44. The van der Waals surface area contributed by atoms with Crippen molar-refractivity contribution in [3.63, 3.8) is 0 Å². The molecule has 1 saturated heterocycles. The van der Waals surface area contributed by atoms with Gasteiger partial charge in [0.25, 0.3) is 10.0 Å². The summed E-state index contributed by atoms with van der Waals surface area (Å²) in [6.45, 7) is 10.2. The second-order valence-electron chi connectivity index (χ2n) is 9.42. The van der Waals surface area contributed by atoms with Gasteiger partial charge in [0, 0.05) is 53.6 Å². The van der Waals surface area contributed by atoms with Gasteiger partial charge < -0.3 is 4.90 Å². The minimum Gasteiger partial charge on any atom is -0.369 e. The van der Waals surface area contributed by atoms with E-state index >= 15 is 0 Å². The summed E-state index contributed by atoms with van der Waals surface area (Å²) in [6, 6.07) is 19.8. The average Bonchev–Trinajstić information content (AvgIpc) is 2.91. The zero-order chi connectivity index (χ0) is 26.9. The molecule has 38 heavy (non-hydrogen) atoms. The van der Waals surface area contributed by atoms with Crippen LogP contribution in [0.2, 0.25) is 0 Å². The Labute approximate surface area is 236 Å². The highest BCUT2D eigenvalue weighted by atomic mass is 127. The van der Waals surface area contributed by atoms with Crippen LogP contribution in [-0.2, 0) is 16.6 Å². The molecule has 0 aliphatic carbocycles. The molecule has 0 atom stereocenters. The van der Waals surface area contributed by atoms with E-state index in [-0.39, 0.29) is 10.7 Å². The molecular weight excluding hydrogens is 614 g/mol. The molecular formula is C29H28FIN4O2S. The second-order valence-corrected chi connectivity index (χ2v) is 12.2. The molecule has 1 N–H and O–H groups in total. The standard InChI is InChI=1S/C29H28FIN4O2S/c1-20-17-24(21(2)35-15-13-34(14-16-35)19-22-8-10-26(31)25(30)18-22)9-11-27(20)33-38(36,37)28-7-3-5-23-6-4-12-32-29(23)28/h3-12,17-18,33H,2,13-16,19H2,1H3. The molecule has 3 aromatic carbocycles. The SMILES string of the molecule is C=C(c1ccc(NS(=O)(=O)c2cccc3cccnc23)c(C)c1)N1CCN(Cc2ccc(I)c(F)c2)CC1. The molecule has 1 aromatic heterocycles. The van der Waals surface area contributed by atoms with E-state index in [0.717, 1.165) is 54.0 Å². The molecule has 0 radical (unpaired) electrons. The highest BCUT2D eigenvalue weighted by molar-refractivity contribution is 14.1. The normalized spacial score (nSPS) is 14.6. The lowest BCUT2D eigenvalue weighted by molar-refractivity contribution is 0.169. The molecule has 5 rings (SSSR count). The maximum absolute atomic E-state index is 13.9. The smallest absolute Gasteiger partial charge is 0.264 e. The summed E-state index contributed by atoms with van der Waals surface area (Å²) in [5, 5.41) is 0.768. The molecule has 1 fully saturated rings. The minimum atomic E-state index is -3.83. The summed E-state index contributed by atoms with van der Waals surface area (Å²) in [6.07, 6.45) is 1.59. The summed E-state index contributed by atoms with van der Waals surface area (Å²) in [5.74, 6) is -0.176. The van der Waals surface area contributed by atoms with Crippen LogP contribution in [0.25, 0.3) is 16.6 Å². The van der Waals surface area contributed by atoms with Gasteiger partial charge in [0.05, 0.1) is 11.2 Å². The summed E-state index contributed by atoms with van der Waals surface area (Å²) in [7, 11) is -3.83. The Morgan fingerprint density at radius 3 is 2.55 bits per heavy atom. The number of fused-ring (bicyclic) bond motifs is 1. The Hall–Kier alpha value is -3.02. The Balaban J connectivity index is 1.24. The molecule has 196 valence electrons. The van der Waals surface area contributed by atoms with Gasteiger partial charge in [0.1, 0.15) is 10.7 Å². The van der Waals surface area contributed by atoms with Gasteiger partial charge in [-0.15, -0.1) is 0 Å². The van der Waals surface area contributed by atoms with E-state index in [1.807, 2.05) is 65.9 Å². The van der Waals surface area contributed by atoms with Crippen LogP contribution >= 0.6 is 22.6 Å². The Morgan fingerprint density at radius 1 is 1.05 bits per heavy atom. The maximum Gasteiger partial charge on any atom is 0.264 e. The van der Waals surface area contributed by atoms with Crippen molar-refractivity contribution < 1.29 is 12.8 Å². The third-order valence-electron chi connectivity index (χ3n) is 6.83. The first-order valence-corrected chi connectivity index (χ1v) is 14.9. The number of aromatic nitrogens is 1. The third-order valence-corrected chi connectivity index (χ3v) is 9.11. The number of hydrogen-bond donors (Lipinski definition) is 1. The molecule has 0 bridgehead atoms. The molecule has 4 aromatic rings. The highest BCUT2D eigenvalue weighted by Gasteiger charge is 2.21. The van der Waals surface area contributed by atoms with Crippen molar-refractivity contribution in [3.8, 4) is 0 Å². The zero-order valence-electron chi connectivity index (χ0n) is 21.0. The molecule has 1 aliphatic rings. The molecule has 0 saturated carbocycles. The maximum atomic E-state index is 13.9. The topological polar surface area (TPSA) is 65.5 Å². The number of benzene rings is 3. The predicted octanol–water partition coefficient (Wildman–Crippen LogP) is 5.88. The van der Waals surface area contributed by atoms with Crippen LogP contribution in [-0.4, -0.2) is 49.4 Å². The molecule has 0 amide bonds. The van der Waals surface area contributed by atoms with E-state index in [1.54, 1.807) is 36.5 Å². The molecule has 2 heterocycles. The van der Waals surface area contributed by atoms with Crippen molar-refractivity contribution in [1.29, 1.82) is 0 Å². The first kappa shape index (κ1) is 26.6. The van der Waals surface area contributed by atoms with Crippen LogP contribution in [0, 0.1) is 16.3 Å². The van der Waals surface area contributed by atoms with Crippen LogP contribution in [0.4, 0.5) is 10.1 Å². The van der Waals surface area contributed by atoms with Gasteiger partial charge >= 0.3 is 0 Å². The molecule has 1 aliphatic heterocycles. The van der Waals surface area contributed by atoms with E-state index in [2.05, 4.69) is 26.1 Å². The van der Waals surface area contributed by atoms with Crippen molar-refractivity contribution >= 4 is 54.9 Å². The molecule has 6 nitrogen and oxygen atoms in total. The summed E-state index contributed by atoms with van der Waals surface area (Å²) in [4.78, 5) is 8.98. The van der Waals surface area contributed by atoms with Crippen molar-refractivity contribution in [3.05, 3.63) is 106 Å². The number of rotatable bonds is 7. The Kier molecular flexibility index (Phi) is 7.69. The first-order valence-electron chi connectivity index (χ1n) is 12.3. The fourth-order valence-electron chi connectivity index (χ4n) is 4.71. The number of sulfonamides is 1. The van der Waals surface area contributed by atoms with Gasteiger partial charge in [0.2, 0.25) is 0 Å². The number of halogens is 2. The lowest BCUT2D eigenvalue weighted by Gasteiger charge is -2.37. The number of nitrogens with zero attached hydrogens (tertiary/aromatic N) is 3. The number of hydrogen-bond acceptors (Lipinski definition) is 5. The van der Waals surface area contributed by atoms with E-state index in [9.17, 15) is 12.8 Å². The largest absolute Gasteiger partial charge is 0.369 e. The monoisotopic (exact) mass is 642 g/mol. The van der Waals surface area contributed by atoms with Crippen molar-refractivity contribution in [2.24, 2.45) is 0 Å². The number of para-hydroxylation sites is 1. The summed E-state index contributed by atoms with van der Waals surface area (Å²) < 4.78 is 43.7. The number of piperazine rings is 1. The van der Waals surface area contributed by atoms with Crippen LogP contribution in [0.1, 0.15) is 16.7 Å². The Morgan fingerprint density at radius 2 is 1.82 bits per heavy atom. The van der Waals surface area contributed by atoms with Gasteiger partial charge in [-0.1, -0.05) is 36.9 Å². The van der Waals surface area contributed by atoms with Crippen LogP contribution < -0.4 is 4.72 Å². The van der Waals surface area contributed by atoms with Crippen molar-refractivity contribution in [1.82, 2.24) is 14.8 Å². The second kappa shape index (κ2) is 11.0. The van der Waals surface area contributed by atoms with E-state index < -0.39 is 10.0 Å². The van der Waals surface area contributed by atoms with E-state index in [0.29, 0.717) is 21.3 Å². The number of aryl methyl sites for hydroxylation is 1. The number of anilines is 1. The fourth-order valence-corrected chi connectivity index (χ4v) is 6.35. The molecule has 0 spiro atoms. The lowest BCUT2D eigenvalue weighted by atomic mass is 10.1. The van der Waals surface area contributed by atoms with Crippen LogP contribution in [0.5, 0.6) is 0 Å². The average molecular weight is 643 g/mol. The van der Waals surface area contributed by atoms with E-state index in [4.69, 9.17) is 0 Å². The van der Waals surface area contributed by atoms with Gasteiger partial charge in [-0.25, -0.2) is 12.8 Å². The van der Waals surface area contributed by atoms with Crippen molar-refractivity contribution in [2.75, 3.05) is 30.9 Å². The first-order chi connectivity index (χ1) is 18.2. The third kappa shape index (κ3) is 5.69. The van der Waals surface area contributed by atoms with Gasteiger partial charge in [-0.05, 0) is 82.6 Å². The molecule has 9 heteroatoms. The van der Waals surface area contributed by atoms with Crippen LogP contribution in [0.3, 0.4) is 0 Å². The Bertz CT molecular complexity index is 1610. The van der Waals surface area contributed by atoms with E-state index in [1.165, 1.54) is 0 Å². The van der Waals surface area contributed by atoms with Crippen LogP contribution in [0.15, 0.2) is 84.4 Å². The summed E-state index contributed by atoms with van der Waals surface area (Å²) in [5.41, 5.74) is 4.59. The minimum absolute atomic E-state index is 0.148. The quantitative estimate of drug-likeness (QED) is 0.256. The van der Waals surface area contributed by atoms with Crippen molar-refractivity contribution in [2.45, 2.75) is 18.4 Å². The van der Waals surface area contributed by atoms with Gasteiger partial charge in [-0.2, -0.15) is 0 Å². The number of nitrogens with one attached hydrogen (secondary N) is 1. The van der Waals surface area contributed by atoms with Gasteiger partial charge in [0.15, 0.2) is 0 Å². The fraction of sp³-hybridized carbons (Fsp3) is 0.207.